The fraction of sp³-hybridized carbons (Fsp3) is 0.455. The average Bonchev–Trinajstić information content (AvgIpc) is 3.17. The molecule has 3 atom stereocenters. The van der Waals surface area contributed by atoms with Gasteiger partial charge in [-0.15, -0.1) is 0 Å². The first kappa shape index (κ1) is 33.3. The van der Waals surface area contributed by atoms with Gasteiger partial charge in [-0.25, -0.2) is 14.4 Å². The maximum absolute atomic E-state index is 17.0. The summed E-state index contributed by atoms with van der Waals surface area (Å²) in [7, 11) is 2.12. The molecule has 0 unspecified atom stereocenters. The molecule has 1 aromatic carbocycles. The van der Waals surface area contributed by atoms with E-state index >= 15 is 4.39 Å². The van der Waals surface area contributed by atoms with E-state index in [1.165, 1.54) is 6.92 Å². The summed E-state index contributed by atoms with van der Waals surface area (Å²) in [5, 5.41) is -0.329. The molecule has 2 bridgehead atoms. The van der Waals surface area contributed by atoms with E-state index in [0.717, 1.165) is 32.0 Å². The average molecular weight is 702 g/mol. The van der Waals surface area contributed by atoms with E-state index in [1.54, 1.807) is 12.3 Å². The van der Waals surface area contributed by atoms with Crippen LogP contribution in [0.25, 0.3) is 22.2 Å². The molecule has 4 aromatic rings. The molecule has 0 aliphatic carbocycles. The fourth-order valence-corrected chi connectivity index (χ4v) is 7.90. The highest BCUT2D eigenvalue weighted by Gasteiger charge is 2.41. The molecule has 4 N–H and O–H groups in total. The molecule has 11 nitrogen and oxygen atoms in total. The number of nitrogens with zero attached hydrogens (tertiary/aromatic N) is 7. The molecule has 260 valence electrons. The number of aromatic nitrogens is 4. The monoisotopic (exact) mass is 701 g/mol. The molecule has 16 heteroatoms. The molecule has 2 fully saturated rings. The van der Waals surface area contributed by atoms with Gasteiger partial charge in [-0.2, -0.15) is 23.1 Å². The summed E-state index contributed by atoms with van der Waals surface area (Å²) >= 11 is 6.80. The molecule has 49 heavy (non-hydrogen) atoms. The Kier molecular flexibility index (Phi) is 8.56. The number of likely N-dealkylation sites (tertiary alicyclic amines) is 1. The number of hydrogen-bond acceptors (Lipinski definition) is 11. The number of alkyl halides is 3. The van der Waals surface area contributed by atoms with Gasteiger partial charge < -0.3 is 30.7 Å². The van der Waals surface area contributed by atoms with Crippen molar-refractivity contribution in [3.8, 4) is 23.0 Å². The van der Waals surface area contributed by atoms with Crippen LogP contribution in [0.4, 0.5) is 35.0 Å². The number of rotatable bonds is 7. The predicted molar refractivity (Wildman–Crippen MR) is 178 cm³/mol. The lowest BCUT2D eigenvalue weighted by atomic mass is 9.98. The fourth-order valence-electron chi connectivity index (χ4n) is 7.58. The number of nitrogens with two attached hydrogens (primary N) is 2. The zero-order chi connectivity index (χ0) is 34.8. The SMILES string of the molecule is Cc1cc(N)nc(-c2c(Cl)c3c4c(nc(OCCN5[C@@H]6CC[C@@H]5CN(C)C6)nc4c2F)N([C@H](C)c2cccnc2N)CCO3)c1C(F)(F)F. The number of aryl methyl sites for hydroxylation is 1. The van der Waals surface area contributed by atoms with Crippen LogP contribution in [0.5, 0.6) is 11.8 Å². The van der Waals surface area contributed by atoms with E-state index < -0.39 is 39.9 Å². The summed E-state index contributed by atoms with van der Waals surface area (Å²) < 4.78 is 72.5. The molecule has 0 amide bonds. The molecule has 0 radical (unpaired) electrons. The Bertz CT molecular complexity index is 1920. The lowest BCUT2D eigenvalue weighted by molar-refractivity contribution is -0.137. The number of fused-ring (bicyclic) bond motifs is 2. The van der Waals surface area contributed by atoms with Crippen LogP contribution in [0.2, 0.25) is 5.02 Å². The molecule has 3 aliphatic heterocycles. The first-order valence-corrected chi connectivity index (χ1v) is 16.5. The predicted octanol–water partition coefficient (Wildman–Crippen LogP) is 5.49. The number of hydrogen-bond donors (Lipinski definition) is 2. The Morgan fingerprint density at radius 1 is 1.14 bits per heavy atom. The quantitative estimate of drug-likeness (QED) is 0.237. The van der Waals surface area contributed by atoms with Crippen LogP contribution in [0, 0.1) is 12.7 Å². The van der Waals surface area contributed by atoms with Crippen molar-refractivity contribution in [2.24, 2.45) is 0 Å². The summed E-state index contributed by atoms with van der Waals surface area (Å²) in [6, 6.07) is 4.89. The normalized spacial score (nSPS) is 20.4. The Balaban J connectivity index is 1.39. The minimum absolute atomic E-state index is 0.0264. The molecular formula is C33H36ClF4N9O2. The number of likely N-dealkylation sites (N-methyl/N-ethyl adjacent to an activating group) is 1. The Labute approximate surface area is 285 Å². The maximum Gasteiger partial charge on any atom is 0.418 e. The van der Waals surface area contributed by atoms with Gasteiger partial charge in [-0.1, -0.05) is 17.7 Å². The molecular weight excluding hydrogens is 666 g/mol. The molecule has 0 spiro atoms. The third-order valence-corrected chi connectivity index (χ3v) is 10.1. The van der Waals surface area contributed by atoms with Crippen molar-refractivity contribution in [2.75, 3.05) is 62.8 Å². The van der Waals surface area contributed by atoms with Gasteiger partial charge in [-0.3, -0.25) is 4.90 Å². The Morgan fingerprint density at radius 3 is 2.57 bits per heavy atom. The Hall–Kier alpha value is -4.21. The Morgan fingerprint density at radius 2 is 1.88 bits per heavy atom. The van der Waals surface area contributed by atoms with Crippen molar-refractivity contribution >= 4 is 40.0 Å². The van der Waals surface area contributed by atoms with Crippen LogP contribution >= 0.6 is 11.6 Å². The largest absolute Gasteiger partial charge is 0.489 e. The van der Waals surface area contributed by atoms with Crippen molar-refractivity contribution in [1.82, 2.24) is 29.7 Å². The van der Waals surface area contributed by atoms with E-state index in [4.69, 9.17) is 37.5 Å². The summed E-state index contributed by atoms with van der Waals surface area (Å²) in [5.74, 6) is -0.930. The summed E-state index contributed by atoms with van der Waals surface area (Å²) in [4.78, 5) is 24.0. The highest BCUT2D eigenvalue weighted by Crippen LogP contribution is 2.51. The second-order valence-corrected chi connectivity index (χ2v) is 13.2. The van der Waals surface area contributed by atoms with E-state index in [9.17, 15) is 13.2 Å². The lowest BCUT2D eigenvalue weighted by Crippen LogP contribution is -2.53. The van der Waals surface area contributed by atoms with Crippen molar-refractivity contribution in [3.63, 3.8) is 0 Å². The van der Waals surface area contributed by atoms with Gasteiger partial charge in [0.25, 0.3) is 0 Å². The second kappa shape index (κ2) is 12.6. The maximum atomic E-state index is 17.0. The molecule has 3 aliphatic rings. The number of pyridine rings is 2. The minimum Gasteiger partial charge on any atom is -0.489 e. The van der Waals surface area contributed by atoms with Crippen LogP contribution in [0.15, 0.2) is 24.4 Å². The molecule has 0 saturated carbocycles. The van der Waals surface area contributed by atoms with Crippen molar-refractivity contribution in [1.29, 1.82) is 0 Å². The summed E-state index contributed by atoms with van der Waals surface area (Å²) in [6.07, 6.45) is -1.12. The number of benzene rings is 1. The number of nitrogen functional groups attached to an aromatic ring is 2. The number of piperazine rings is 1. The molecule has 7 rings (SSSR count). The minimum atomic E-state index is -4.90. The van der Waals surface area contributed by atoms with Crippen LogP contribution in [0.1, 0.15) is 42.5 Å². The van der Waals surface area contributed by atoms with Gasteiger partial charge in [0.1, 0.15) is 36.2 Å². The van der Waals surface area contributed by atoms with Crippen LogP contribution in [-0.4, -0.2) is 88.3 Å². The third-order valence-electron chi connectivity index (χ3n) is 9.74. The topological polar surface area (TPSA) is 132 Å². The highest BCUT2D eigenvalue weighted by atomic mass is 35.5. The van der Waals surface area contributed by atoms with E-state index in [-0.39, 0.29) is 59.6 Å². The number of halogens is 5. The van der Waals surface area contributed by atoms with Crippen LogP contribution < -0.4 is 25.8 Å². The van der Waals surface area contributed by atoms with Gasteiger partial charge >= 0.3 is 12.2 Å². The van der Waals surface area contributed by atoms with E-state index in [1.807, 2.05) is 17.9 Å². The van der Waals surface area contributed by atoms with Gasteiger partial charge in [0.05, 0.1) is 39.8 Å². The first-order chi connectivity index (χ1) is 23.3. The smallest absolute Gasteiger partial charge is 0.418 e. The molecule has 2 saturated heterocycles. The van der Waals surface area contributed by atoms with Gasteiger partial charge in [0.2, 0.25) is 0 Å². The van der Waals surface area contributed by atoms with Gasteiger partial charge in [0, 0.05) is 43.5 Å². The zero-order valence-electron chi connectivity index (χ0n) is 27.2. The standard InChI is InChI=1S/C33H36ClF4N9O2/c1-16-13-21(39)42-27(24(16)33(36,37)38)22-25(34)29-23-28(26(22)35)43-32(49-12-10-47-18-6-7-19(47)15-45(3)14-18)44-31(23)46(9-11-48-29)17(2)20-5-4-8-41-30(20)40/h4-5,8,13,17-19H,6-7,9-12,14-15H2,1-3H3,(H2,39,42)(H2,40,41)/t17-,18-,19-/m1/s1. The number of anilines is 3. The van der Waals surface area contributed by atoms with Crippen LogP contribution in [0.3, 0.4) is 0 Å². The second-order valence-electron chi connectivity index (χ2n) is 12.9. The van der Waals surface area contributed by atoms with Crippen molar-refractivity contribution in [2.45, 2.75) is 51.0 Å². The van der Waals surface area contributed by atoms with Crippen molar-refractivity contribution in [3.05, 3.63) is 51.9 Å². The number of ether oxygens (including phenoxy) is 2. The van der Waals surface area contributed by atoms with Crippen molar-refractivity contribution < 1.29 is 27.0 Å². The highest BCUT2D eigenvalue weighted by molar-refractivity contribution is 6.36. The third kappa shape index (κ3) is 5.91. The van der Waals surface area contributed by atoms with E-state index in [2.05, 4.69) is 31.8 Å². The molecule has 3 aromatic heterocycles. The molecule has 6 heterocycles. The lowest BCUT2D eigenvalue weighted by Gasteiger charge is -2.39. The van der Waals surface area contributed by atoms with Crippen LogP contribution in [-0.2, 0) is 6.18 Å². The van der Waals surface area contributed by atoms with E-state index in [0.29, 0.717) is 30.0 Å². The zero-order valence-corrected chi connectivity index (χ0v) is 27.9. The van der Waals surface area contributed by atoms with Gasteiger partial charge in [0.15, 0.2) is 11.6 Å². The first-order valence-electron chi connectivity index (χ1n) is 16.1. The summed E-state index contributed by atoms with van der Waals surface area (Å²) in [5.41, 5.74) is 9.69. The summed E-state index contributed by atoms with van der Waals surface area (Å²) in [6.45, 7) is 6.12. The van der Waals surface area contributed by atoms with Gasteiger partial charge in [-0.05, 0) is 51.4 Å².